The average molecular weight is 375 g/mol. The number of amides is 1. The Morgan fingerprint density at radius 2 is 2.00 bits per heavy atom. The van der Waals surface area contributed by atoms with Crippen molar-refractivity contribution in [3.63, 3.8) is 0 Å². The van der Waals surface area contributed by atoms with Crippen molar-refractivity contribution < 1.29 is 14.7 Å². The number of aromatic carboxylic acids is 1. The van der Waals surface area contributed by atoms with Crippen LogP contribution < -0.4 is 10.6 Å². The Morgan fingerprint density at radius 3 is 2.64 bits per heavy atom. The summed E-state index contributed by atoms with van der Waals surface area (Å²) in [6, 6.07) is 11.9. The number of carbonyl (C=O) groups excluding carboxylic acids is 1. The zero-order valence-corrected chi connectivity index (χ0v) is 14.8. The van der Waals surface area contributed by atoms with Crippen molar-refractivity contribution >= 4 is 47.0 Å². The molecule has 0 radical (unpaired) electrons. The highest BCUT2D eigenvalue weighted by molar-refractivity contribution is 8.05. The number of thioether (sulfide) groups is 1. The van der Waals surface area contributed by atoms with E-state index >= 15 is 0 Å². The monoisotopic (exact) mass is 374 g/mol. The Kier molecular flexibility index (Phi) is 5.01. The van der Waals surface area contributed by atoms with E-state index in [1.807, 2.05) is 19.1 Å². The summed E-state index contributed by atoms with van der Waals surface area (Å²) in [6.07, 6.45) is 1.74. The number of hydrogen-bond acceptors (Lipinski definition) is 4. The van der Waals surface area contributed by atoms with E-state index in [1.165, 1.54) is 23.9 Å². The molecule has 25 heavy (non-hydrogen) atoms. The SMILES string of the molecule is Cc1cc(Cl)ccc1NC1NC(=O)/C(=C/c2ccc(C(=O)O)cc2)S1. The second kappa shape index (κ2) is 7.21. The molecule has 1 amide bonds. The van der Waals surface area contributed by atoms with Gasteiger partial charge in [-0.1, -0.05) is 35.5 Å². The van der Waals surface area contributed by atoms with Crippen molar-refractivity contribution in [3.8, 4) is 0 Å². The molecule has 3 rings (SSSR count). The third-order valence-electron chi connectivity index (χ3n) is 3.66. The summed E-state index contributed by atoms with van der Waals surface area (Å²) < 4.78 is 0. The number of carboxylic acids is 1. The lowest BCUT2D eigenvalue weighted by molar-refractivity contribution is -0.116. The molecule has 1 aliphatic rings. The zero-order chi connectivity index (χ0) is 18.0. The molecule has 2 aromatic rings. The summed E-state index contributed by atoms with van der Waals surface area (Å²) >= 11 is 7.32. The first-order chi connectivity index (χ1) is 11.9. The van der Waals surface area contributed by atoms with E-state index in [9.17, 15) is 9.59 Å². The van der Waals surface area contributed by atoms with Gasteiger partial charge < -0.3 is 15.7 Å². The van der Waals surface area contributed by atoms with Crippen molar-refractivity contribution in [1.82, 2.24) is 5.32 Å². The highest BCUT2D eigenvalue weighted by Gasteiger charge is 2.27. The van der Waals surface area contributed by atoms with Crippen LogP contribution in [0.2, 0.25) is 5.02 Å². The molecular formula is C18H15ClN2O3S. The number of nitrogens with one attached hydrogen (secondary N) is 2. The fraction of sp³-hybridized carbons (Fsp3) is 0.111. The standard InChI is InChI=1S/C18H15ClN2O3S/c1-10-8-13(19)6-7-14(10)20-18-21-16(22)15(25-18)9-11-2-4-12(5-3-11)17(23)24/h2-9,18,20H,1H3,(H,21,22)(H,23,24)/b15-9-. The van der Waals surface area contributed by atoms with E-state index in [2.05, 4.69) is 10.6 Å². The molecule has 0 aromatic heterocycles. The highest BCUT2D eigenvalue weighted by atomic mass is 35.5. The molecule has 0 saturated carbocycles. The van der Waals surface area contributed by atoms with Crippen LogP contribution in [0.4, 0.5) is 5.69 Å². The molecule has 5 nitrogen and oxygen atoms in total. The number of anilines is 1. The van der Waals surface area contributed by atoms with Crippen LogP contribution in [0.25, 0.3) is 6.08 Å². The molecule has 1 fully saturated rings. The normalized spacial score (nSPS) is 18.2. The number of halogens is 1. The summed E-state index contributed by atoms with van der Waals surface area (Å²) in [5, 5.41) is 15.7. The van der Waals surface area contributed by atoms with Gasteiger partial charge in [0.2, 0.25) is 0 Å². The minimum atomic E-state index is -0.977. The topological polar surface area (TPSA) is 78.4 Å². The quantitative estimate of drug-likeness (QED) is 0.706. The Balaban J connectivity index is 1.72. The van der Waals surface area contributed by atoms with Gasteiger partial charge in [0.1, 0.15) is 0 Å². The first-order valence-electron chi connectivity index (χ1n) is 7.47. The lowest BCUT2D eigenvalue weighted by Gasteiger charge is -2.15. The number of carboxylic acid groups (broad SMARTS) is 1. The summed E-state index contributed by atoms with van der Waals surface area (Å²) in [7, 11) is 0. The van der Waals surface area contributed by atoms with Gasteiger partial charge in [0.15, 0.2) is 5.50 Å². The number of carbonyl (C=O) groups is 2. The molecule has 0 aliphatic carbocycles. The Hall–Kier alpha value is -2.44. The van der Waals surface area contributed by atoms with Gasteiger partial charge in [-0.2, -0.15) is 0 Å². The second-order valence-corrected chi connectivity index (χ2v) is 7.09. The Morgan fingerprint density at radius 1 is 1.28 bits per heavy atom. The molecular weight excluding hydrogens is 360 g/mol. The van der Waals surface area contributed by atoms with Gasteiger partial charge in [-0.15, -0.1) is 0 Å². The minimum Gasteiger partial charge on any atom is -0.478 e. The van der Waals surface area contributed by atoms with Crippen LogP contribution in [0.15, 0.2) is 47.4 Å². The number of hydrogen-bond donors (Lipinski definition) is 3. The van der Waals surface area contributed by atoms with Crippen LogP contribution in [-0.2, 0) is 4.79 Å². The minimum absolute atomic E-state index is 0.170. The maximum atomic E-state index is 12.1. The molecule has 7 heteroatoms. The molecule has 1 aliphatic heterocycles. The molecule has 2 aromatic carbocycles. The number of rotatable bonds is 4. The molecule has 3 N–H and O–H groups in total. The Labute approximate surface area is 154 Å². The maximum Gasteiger partial charge on any atom is 0.335 e. The van der Waals surface area contributed by atoms with Crippen molar-refractivity contribution in [2.45, 2.75) is 12.4 Å². The van der Waals surface area contributed by atoms with Crippen molar-refractivity contribution in [1.29, 1.82) is 0 Å². The third kappa shape index (κ3) is 4.15. The van der Waals surface area contributed by atoms with E-state index in [4.69, 9.17) is 16.7 Å². The molecule has 1 heterocycles. The third-order valence-corrected chi connectivity index (χ3v) is 4.92. The lowest BCUT2D eigenvalue weighted by Crippen LogP contribution is -2.31. The largest absolute Gasteiger partial charge is 0.478 e. The van der Waals surface area contributed by atoms with Crippen LogP contribution in [0.3, 0.4) is 0 Å². The predicted octanol–water partition coefficient (Wildman–Crippen LogP) is 3.95. The van der Waals surface area contributed by atoms with Gasteiger partial charge in [-0.3, -0.25) is 4.79 Å². The molecule has 1 unspecified atom stereocenters. The van der Waals surface area contributed by atoms with Crippen LogP contribution >= 0.6 is 23.4 Å². The predicted molar refractivity (Wildman–Crippen MR) is 101 cm³/mol. The summed E-state index contributed by atoms with van der Waals surface area (Å²) in [4.78, 5) is 23.6. The summed E-state index contributed by atoms with van der Waals surface area (Å²) in [5.74, 6) is -1.15. The first kappa shape index (κ1) is 17.4. The smallest absolute Gasteiger partial charge is 0.335 e. The van der Waals surface area contributed by atoms with Gasteiger partial charge in [-0.05, 0) is 54.5 Å². The highest BCUT2D eigenvalue weighted by Crippen LogP contribution is 2.31. The molecule has 0 spiro atoms. The fourth-order valence-corrected chi connectivity index (χ4v) is 3.57. The summed E-state index contributed by atoms with van der Waals surface area (Å²) in [6.45, 7) is 1.94. The van der Waals surface area contributed by atoms with Gasteiger partial charge in [0, 0.05) is 10.7 Å². The van der Waals surface area contributed by atoms with E-state index in [1.54, 1.807) is 24.3 Å². The molecule has 1 saturated heterocycles. The second-order valence-electron chi connectivity index (χ2n) is 5.51. The van der Waals surface area contributed by atoms with E-state index in [0.29, 0.717) is 9.93 Å². The lowest BCUT2D eigenvalue weighted by atomic mass is 10.1. The van der Waals surface area contributed by atoms with Gasteiger partial charge >= 0.3 is 5.97 Å². The van der Waals surface area contributed by atoms with Crippen LogP contribution in [-0.4, -0.2) is 22.5 Å². The van der Waals surface area contributed by atoms with Gasteiger partial charge in [0.25, 0.3) is 5.91 Å². The molecule has 0 bridgehead atoms. The van der Waals surface area contributed by atoms with Gasteiger partial charge in [0.05, 0.1) is 10.5 Å². The Bertz CT molecular complexity index is 865. The van der Waals surface area contributed by atoms with Crippen molar-refractivity contribution in [2.75, 3.05) is 5.32 Å². The number of aryl methyl sites for hydroxylation is 1. The average Bonchev–Trinajstić information content (AvgIpc) is 2.90. The zero-order valence-electron chi connectivity index (χ0n) is 13.2. The van der Waals surface area contributed by atoms with Crippen LogP contribution in [0.5, 0.6) is 0 Å². The fourth-order valence-electron chi connectivity index (χ4n) is 2.37. The molecule has 1 atom stereocenters. The molecule has 128 valence electrons. The van der Waals surface area contributed by atoms with Crippen LogP contribution in [0, 0.1) is 6.92 Å². The maximum absolute atomic E-state index is 12.1. The van der Waals surface area contributed by atoms with E-state index < -0.39 is 5.97 Å². The first-order valence-corrected chi connectivity index (χ1v) is 8.73. The number of benzene rings is 2. The summed E-state index contributed by atoms with van der Waals surface area (Å²) in [5.41, 5.74) is 2.59. The van der Waals surface area contributed by atoms with E-state index in [0.717, 1.165) is 16.8 Å². The van der Waals surface area contributed by atoms with Crippen molar-refractivity contribution in [2.24, 2.45) is 0 Å². The van der Waals surface area contributed by atoms with E-state index in [-0.39, 0.29) is 17.0 Å². The van der Waals surface area contributed by atoms with Gasteiger partial charge in [-0.25, -0.2) is 4.79 Å². The van der Waals surface area contributed by atoms with Crippen molar-refractivity contribution in [3.05, 3.63) is 69.1 Å². The van der Waals surface area contributed by atoms with Crippen LogP contribution in [0.1, 0.15) is 21.5 Å².